The molecule has 1 fully saturated rings. The van der Waals surface area contributed by atoms with E-state index in [0.29, 0.717) is 0 Å². The minimum Gasteiger partial charge on any atom is -0.347 e. The highest BCUT2D eigenvalue weighted by molar-refractivity contribution is 5.83. The number of hydrogen-bond acceptors (Lipinski definition) is 1. The molecule has 0 amide bonds. The molecule has 0 unspecified atom stereocenters. The van der Waals surface area contributed by atoms with Crippen LogP contribution in [-0.2, 0) is 13.1 Å². The number of hydrogen-bond donors (Lipinski definition) is 1. The molecule has 102 valence electrons. The lowest BCUT2D eigenvalue weighted by atomic mass is 10.1. The molecule has 2 aromatic rings. The van der Waals surface area contributed by atoms with Crippen molar-refractivity contribution in [3.05, 3.63) is 36.0 Å². The predicted molar refractivity (Wildman–Crippen MR) is 81.3 cm³/mol. The smallest absolute Gasteiger partial charge is 0.0483 e. The van der Waals surface area contributed by atoms with Crippen molar-refractivity contribution in [2.24, 2.45) is 0 Å². The zero-order valence-corrected chi connectivity index (χ0v) is 11.9. The van der Waals surface area contributed by atoms with Crippen LogP contribution >= 0.6 is 0 Å². The molecule has 2 heteroatoms. The number of fused-ring (bicyclic) bond motifs is 1. The zero-order chi connectivity index (χ0) is 13.1. The third kappa shape index (κ3) is 2.69. The Kier molecular flexibility index (Phi) is 3.88. The first-order valence-corrected chi connectivity index (χ1v) is 7.68. The Labute approximate surface area is 115 Å². The quantitative estimate of drug-likeness (QED) is 0.853. The van der Waals surface area contributed by atoms with Gasteiger partial charge in [-0.25, -0.2) is 0 Å². The van der Waals surface area contributed by atoms with Crippen molar-refractivity contribution in [1.82, 2.24) is 9.88 Å². The third-order valence-corrected chi connectivity index (χ3v) is 4.27. The fourth-order valence-corrected chi connectivity index (χ4v) is 3.27. The molecule has 0 aliphatic heterocycles. The lowest BCUT2D eigenvalue weighted by Crippen LogP contribution is -2.25. The van der Waals surface area contributed by atoms with E-state index in [0.717, 1.165) is 19.1 Å². The minimum absolute atomic E-state index is 0.744. The molecule has 1 aliphatic rings. The summed E-state index contributed by atoms with van der Waals surface area (Å²) in [7, 11) is 0. The lowest BCUT2D eigenvalue weighted by molar-refractivity contribution is 0.524. The Bertz CT molecular complexity index is 535. The van der Waals surface area contributed by atoms with Gasteiger partial charge in [-0.2, -0.15) is 0 Å². The normalized spacial score (nSPS) is 16.5. The average Bonchev–Trinajstić information content (AvgIpc) is 3.06. The van der Waals surface area contributed by atoms with E-state index in [4.69, 9.17) is 0 Å². The summed E-state index contributed by atoms with van der Waals surface area (Å²) in [5.74, 6) is 0. The fourth-order valence-electron chi connectivity index (χ4n) is 3.27. The zero-order valence-electron chi connectivity index (χ0n) is 11.9. The van der Waals surface area contributed by atoms with Crippen molar-refractivity contribution in [3.8, 4) is 0 Å². The fraction of sp³-hybridized carbons (Fsp3) is 0.529. The van der Waals surface area contributed by atoms with Gasteiger partial charge in [-0.3, -0.25) is 0 Å². The molecule has 3 rings (SSSR count). The summed E-state index contributed by atoms with van der Waals surface area (Å²) < 4.78 is 2.40. The Balaban J connectivity index is 1.81. The van der Waals surface area contributed by atoms with Crippen molar-refractivity contribution in [3.63, 3.8) is 0 Å². The molecule has 2 nitrogen and oxygen atoms in total. The molecule has 1 aromatic heterocycles. The number of para-hydroxylation sites is 1. The summed E-state index contributed by atoms with van der Waals surface area (Å²) >= 11 is 0. The molecule has 0 bridgehead atoms. The Morgan fingerprint density at radius 2 is 2.00 bits per heavy atom. The number of aryl methyl sites for hydroxylation is 1. The van der Waals surface area contributed by atoms with Gasteiger partial charge in [0.2, 0.25) is 0 Å². The van der Waals surface area contributed by atoms with Gasteiger partial charge in [-0.1, -0.05) is 38.0 Å². The minimum atomic E-state index is 0.744. The second-order valence-electron chi connectivity index (χ2n) is 5.73. The van der Waals surface area contributed by atoms with Crippen LogP contribution in [0.25, 0.3) is 10.9 Å². The summed E-state index contributed by atoms with van der Waals surface area (Å²) in [6, 6.07) is 9.53. The van der Waals surface area contributed by atoms with Crippen LogP contribution in [0.4, 0.5) is 0 Å². The highest BCUT2D eigenvalue weighted by Crippen LogP contribution is 2.23. The highest BCUT2D eigenvalue weighted by Gasteiger charge is 2.15. The first-order valence-electron chi connectivity index (χ1n) is 7.68. The Hall–Kier alpha value is -1.28. The predicted octanol–water partition coefficient (Wildman–Crippen LogP) is 4.08. The molecule has 1 heterocycles. The maximum atomic E-state index is 3.73. The van der Waals surface area contributed by atoms with Gasteiger partial charge >= 0.3 is 0 Å². The molecular weight excluding hydrogens is 232 g/mol. The van der Waals surface area contributed by atoms with Crippen molar-refractivity contribution in [2.45, 2.75) is 58.2 Å². The van der Waals surface area contributed by atoms with E-state index in [2.05, 4.69) is 47.3 Å². The van der Waals surface area contributed by atoms with Crippen LogP contribution in [0, 0.1) is 0 Å². The number of nitrogens with one attached hydrogen (secondary N) is 1. The number of nitrogens with zero attached hydrogens (tertiary/aromatic N) is 1. The van der Waals surface area contributed by atoms with E-state index < -0.39 is 0 Å². The van der Waals surface area contributed by atoms with E-state index in [-0.39, 0.29) is 0 Å². The van der Waals surface area contributed by atoms with E-state index in [9.17, 15) is 0 Å². The molecular formula is C17H24N2. The van der Waals surface area contributed by atoms with Crippen LogP contribution in [-0.4, -0.2) is 10.6 Å². The second-order valence-corrected chi connectivity index (χ2v) is 5.73. The van der Waals surface area contributed by atoms with Crippen molar-refractivity contribution in [2.75, 3.05) is 0 Å². The maximum absolute atomic E-state index is 3.73. The van der Waals surface area contributed by atoms with Gasteiger partial charge in [-0.15, -0.1) is 0 Å². The first kappa shape index (κ1) is 12.7. The topological polar surface area (TPSA) is 17.0 Å². The van der Waals surface area contributed by atoms with Crippen LogP contribution in [0.5, 0.6) is 0 Å². The first-order chi connectivity index (χ1) is 9.38. The van der Waals surface area contributed by atoms with E-state index in [1.165, 1.54) is 48.6 Å². The van der Waals surface area contributed by atoms with Gasteiger partial charge < -0.3 is 9.88 Å². The lowest BCUT2D eigenvalue weighted by Gasteiger charge is -2.10. The van der Waals surface area contributed by atoms with Crippen molar-refractivity contribution >= 4 is 10.9 Å². The summed E-state index contributed by atoms with van der Waals surface area (Å²) in [4.78, 5) is 0. The summed E-state index contributed by atoms with van der Waals surface area (Å²) in [6.45, 7) is 4.37. The molecule has 1 N–H and O–H groups in total. The monoisotopic (exact) mass is 256 g/mol. The molecule has 0 spiro atoms. The molecule has 1 aromatic carbocycles. The molecule has 1 aliphatic carbocycles. The van der Waals surface area contributed by atoms with E-state index in [1.54, 1.807) is 0 Å². The van der Waals surface area contributed by atoms with Gasteiger partial charge in [0.1, 0.15) is 0 Å². The van der Waals surface area contributed by atoms with E-state index >= 15 is 0 Å². The Morgan fingerprint density at radius 1 is 1.21 bits per heavy atom. The summed E-state index contributed by atoms with van der Waals surface area (Å²) in [5, 5.41) is 5.15. The van der Waals surface area contributed by atoms with Crippen LogP contribution in [0.2, 0.25) is 0 Å². The second kappa shape index (κ2) is 5.79. The number of benzene rings is 1. The van der Waals surface area contributed by atoms with Crippen LogP contribution < -0.4 is 5.32 Å². The van der Waals surface area contributed by atoms with Crippen molar-refractivity contribution in [1.29, 1.82) is 0 Å². The van der Waals surface area contributed by atoms with Gasteiger partial charge in [0.25, 0.3) is 0 Å². The van der Waals surface area contributed by atoms with Crippen LogP contribution in [0.3, 0.4) is 0 Å². The van der Waals surface area contributed by atoms with E-state index in [1.807, 2.05) is 0 Å². The van der Waals surface area contributed by atoms with Crippen LogP contribution in [0.15, 0.2) is 30.5 Å². The Morgan fingerprint density at radius 3 is 2.79 bits per heavy atom. The van der Waals surface area contributed by atoms with Gasteiger partial charge in [0.05, 0.1) is 0 Å². The molecule has 1 saturated carbocycles. The summed E-state index contributed by atoms with van der Waals surface area (Å²) in [6.07, 6.45) is 9.04. The third-order valence-electron chi connectivity index (χ3n) is 4.27. The molecule has 0 atom stereocenters. The number of aromatic nitrogens is 1. The average molecular weight is 256 g/mol. The van der Waals surface area contributed by atoms with Gasteiger partial charge in [-0.05, 0) is 30.9 Å². The summed E-state index contributed by atoms with van der Waals surface area (Å²) in [5.41, 5.74) is 2.84. The highest BCUT2D eigenvalue weighted by atomic mass is 15.0. The molecule has 0 radical (unpaired) electrons. The van der Waals surface area contributed by atoms with Crippen LogP contribution in [0.1, 0.15) is 44.6 Å². The molecule has 0 saturated heterocycles. The maximum Gasteiger partial charge on any atom is 0.0483 e. The number of rotatable bonds is 5. The SMILES string of the molecule is CCCn1cc(CNC2CCCC2)c2ccccc21. The molecule has 19 heavy (non-hydrogen) atoms. The largest absolute Gasteiger partial charge is 0.347 e. The standard InChI is InChI=1S/C17H24N2/c1-2-11-19-13-14(12-18-15-7-3-4-8-15)16-9-5-6-10-17(16)19/h5-6,9-10,13,15,18H,2-4,7-8,11-12H2,1H3. The van der Waals surface area contributed by atoms with Crippen molar-refractivity contribution < 1.29 is 0 Å². The van der Waals surface area contributed by atoms with Gasteiger partial charge in [0, 0.05) is 36.2 Å². The van der Waals surface area contributed by atoms with Gasteiger partial charge in [0.15, 0.2) is 0 Å².